The van der Waals surface area contributed by atoms with Gasteiger partial charge >= 0.3 is 11.9 Å². The highest BCUT2D eigenvalue weighted by Crippen LogP contribution is 2.49. The maximum absolute atomic E-state index is 14.6. The maximum Gasteiger partial charge on any atom is 0.338 e. The van der Waals surface area contributed by atoms with Crippen LogP contribution in [-0.2, 0) is 27.2 Å². The first-order chi connectivity index (χ1) is 20.7. The number of hydrogen-bond donors (Lipinski definition) is 2. The molecule has 3 unspecified atom stereocenters. The van der Waals surface area contributed by atoms with E-state index in [0.717, 1.165) is 11.8 Å². The first-order valence-corrected chi connectivity index (χ1v) is 14.7. The molecule has 9 nitrogen and oxygen atoms in total. The van der Waals surface area contributed by atoms with Crippen molar-refractivity contribution in [3.63, 3.8) is 0 Å². The summed E-state index contributed by atoms with van der Waals surface area (Å²) in [6.45, 7) is 3.59. The van der Waals surface area contributed by atoms with E-state index in [2.05, 4.69) is 27.6 Å². The third-order valence-corrected chi connectivity index (χ3v) is 9.38. The van der Waals surface area contributed by atoms with Gasteiger partial charge in [0.25, 0.3) is 0 Å². The Labute approximate surface area is 253 Å². The van der Waals surface area contributed by atoms with Crippen molar-refractivity contribution in [1.82, 2.24) is 15.3 Å². The number of nitrogens with one attached hydrogen (secondary N) is 1. The Morgan fingerprint density at radius 3 is 2.86 bits per heavy atom. The molecule has 222 valence electrons. The minimum atomic E-state index is -1.24. The number of esters is 1. The number of methoxy groups -OCH3 is 1. The fourth-order valence-corrected chi connectivity index (χ4v) is 6.86. The number of nitrogens with zero attached hydrogens (tertiary/aromatic N) is 3. The lowest BCUT2D eigenvalue weighted by Gasteiger charge is -2.38. The molecule has 13 heteroatoms. The predicted molar refractivity (Wildman–Crippen MR) is 153 cm³/mol. The number of carbonyl (C=O) groups excluding carboxylic acids is 1. The molecule has 6 rings (SSSR count). The van der Waals surface area contributed by atoms with Crippen LogP contribution in [0.15, 0.2) is 62.8 Å². The van der Waals surface area contributed by atoms with Crippen molar-refractivity contribution in [1.29, 1.82) is 0 Å². The summed E-state index contributed by atoms with van der Waals surface area (Å²) < 4.78 is 40.0. The molecule has 0 bridgehead atoms. The first-order valence-electron chi connectivity index (χ1n) is 13.5. The van der Waals surface area contributed by atoms with Gasteiger partial charge in [-0.1, -0.05) is 24.2 Å². The van der Waals surface area contributed by atoms with Crippen molar-refractivity contribution >= 4 is 40.7 Å². The largest absolute Gasteiger partial charge is 0.481 e. The number of thiazole rings is 1. The Bertz CT molecular complexity index is 1730. The van der Waals surface area contributed by atoms with Gasteiger partial charge < -0.3 is 19.6 Å². The monoisotopic (exact) mass is 626 g/mol. The smallest absolute Gasteiger partial charge is 0.338 e. The number of hydrogen-bond acceptors (Lipinski definition) is 9. The number of fused-ring (bicyclic) bond motifs is 1. The van der Waals surface area contributed by atoms with E-state index in [-0.39, 0.29) is 28.9 Å². The van der Waals surface area contributed by atoms with Gasteiger partial charge in [0.05, 0.1) is 29.3 Å². The van der Waals surface area contributed by atoms with Gasteiger partial charge in [0, 0.05) is 47.0 Å². The molecule has 5 atom stereocenters. The summed E-state index contributed by atoms with van der Waals surface area (Å²) in [7, 11) is 1.23. The number of oxazole rings is 1. The molecule has 1 saturated carbocycles. The minimum Gasteiger partial charge on any atom is -0.481 e. The molecule has 0 saturated heterocycles. The summed E-state index contributed by atoms with van der Waals surface area (Å²) in [5, 5.41) is 14.6. The average Bonchev–Trinajstić information content (AvgIpc) is 3.67. The van der Waals surface area contributed by atoms with Gasteiger partial charge in [0.2, 0.25) is 0 Å². The van der Waals surface area contributed by atoms with Crippen molar-refractivity contribution in [2.75, 3.05) is 7.11 Å². The number of carboxylic acids is 1. The third kappa shape index (κ3) is 5.09. The van der Waals surface area contributed by atoms with Gasteiger partial charge in [-0.3, -0.25) is 9.79 Å². The minimum absolute atomic E-state index is 0.103. The number of carboxylic acid groups (broad SMARTS) is 1. The molecule has 1 aliphatic heterocycles. The van der Waals surface area contributed by atoms with Crippen LogP contribution in [0.3, 0.4) is 0 Å². The highest BCUT2D eigenvalue weighted by Gasteiger charge is 2.48. The number of rotatable bonds is 7. The quantitative estimate of drug-likeness (QED) is 0.199. The van der Waals surface area contributed by atoms with Gasteiger partial charge in [-0.25, -0.2) is 23.5 Å². The molecular weight excluding hydrogens is 602 g/mol. The molecule has 1 fully saturated rings. The molecule has 2 aromatic heterocycles. The van der Waals surface area contributed by atoms with E-state index < -0.39 is 40.6 Å². The van der Waals surface area contributed by atoms with Crippen molar-refractivity contribution in [3.05, 3.63) is 97.9 Å². The van der Waals surface area contributed by atoms with Crippen LogP contribution in [0.2, 0.25) is 5.02 Å². The number of carbonyl (C=O) groups is 2. The normalized spacial score (nSPS) is 24.7. The number of ether oxygens (including phenoxy) is 1. The van der Waals surface area contributed by atoms with Crippen LogP contribution in [0.4, 0.5) is 8.78 Å². The molecule has 3 heterocycles. The van der Waals surface area contributed by atoms with Gasteiger partial charge in [-0.05, 0) is 31.4 Å². The number of benzene rings is 1. The second kappa shape index (κ2) is 11.5. The zero-order valence-corrected chi connectivity index (χ0v) is 24.3. The Kier molecular flexibility index (Phi) is 7.76. The van der Waals surface area contributed by atoms with Gasteiger partial charge in [0.15, 0.2) is 28.4 Å². The summed E-state index contributed by atoms with van der Waals surface area (Å²) in [5.74, 6) is -3.88. The molecular formula is C30H25ClF2N4O5S. The Morgan fingerprint density at radius 2 is 2.16 bits per heavy atom. The number of aliphatic imine (C=N–C) groups is 1. The molecule has 3 aromatic rings. The SMILES string of the molecule is C=C=CC1[C@H](C(=O)O)C[C@H]1c1nc2c(o1)CC(C1=C(C(=O)OC)C(c3ccc(F)c(F)c3Cl)N=C(c3nccs3)N1)CC2. The van der Waals surface area contributed by atoms with Crippen LogP contribution >= 0.6 is 22.9 Å². The first kappa shape index (κ1) is 29.0. The van der Waals surface area contributed by atoms with E-state index in [1.165, 1.54) is 24.5 Å². The number of allylic oxidation sites excluding steroid dienone is 2. The van der Waals surface area contributed by atoms with Crippen molar-refractivity contribution in [2.24, 2.45) is 22.7 Å². The summed E-state index contributed by atoms with van der Waals surface area (Å²) in [4.78, 5) is 38.7. The van der Waals surface area contributed by atoms with E-state index in [1.54, 1.807) is 17.7 Å². The number of amidine groups is 1. The summed E-state index contributed by atoms with van der Waals surface area (Å²) in [6.07, 6.45) is 5.12. The maximum atomic E-state index is 14.6. The zero-order valence-electron chi connectivity index (χ0n) is 22.8. The highest BCUT2D eigenvalue weighted by molar-refractivity contribution is 7.11. The molecule has 43 heavy (non-hydrogen) atoms. The van der Waals surface area contributed by atoms with E-state index in [9.17, 15) is 23.5 Å². The van der Waals surface area contributed by atoms with Crippen LogP contribution in [0, 0.1) is 29.4 Å². The standard InChI is InChI=1S/C30H25ClF2N4O5S/c1-3-4-14-16(12-17(14)29(38)39)27-35-19-8-5-13(11-20(19)42-27)24-21(30(40)41-2)25(15-6-7-18(32)23(33)22(15)31)37-26(36-24)28-34-9-10-43-28/h4,6-7,9-10,13-14,16-17,25H,1,5,8,11-12H2,2H3,(H,36,37)(H,38,39)/t13?,14?,16-,17-,25?/m1/s1. The summed E-state index contributed by atoms with van der Waals surface area (Å²) >= 11 is 7.59. The molecule has 3 aliphatic rings. The Morgan fingerprint density at radius 1 is 1.35 bits per heavy atom. The lowest BCUT2D eigenvalue weighted by molar-refractivity contribution is -0.147. The van der Waals surface area contributed by atoms with E-state index in [1.807, 2.05) is 0 Å². The topological polar surface area (TPSA) is 127 Å². The van der Waals surface area contributed by atoms with Crippen LogP contribution in [0.1, 0.15) is 52.7 Å². The molecule has 0 amide bonds. The van der Waals surface area contributed by atoms with Crippen LogP contribution in [0.25, 0.3) is 0 Å². The van der Waals surface area contributed by atoms with Crippen LogP contribution in [0.5, 0.6) is 0 Å². The van der Waals surface area contributed by atoms with E-state index in [4.69, 9.17) is 25.7 Å². The number of aryl methyl sites for hydroxylation is 1. The molecule has 2 aliphatic carbocycles. The second-order valence-corrected chi connectivity index (χ2v) is 11.8. The molecule has 0 spiro atoms. The summed E-state index contributed by atoms with van der Waals surface area (Å²) in [6, 6.07) is 1.14. The summed E-state index contributed by atoms with van der Waals surface area (Å²) in [5.41, 5.74) is 4.18. The fraction of sp³-hybridized carbons (Fsp3) is 0.333. The zero-order chi connectivity index (χ0) is 30.4. The Balaban J connectivity index is 1.39. The second-order valence-electron chi connectivity index (χ2n) is 10.5. The molecule has 1 aromatic carbocycles. The van der Waals surface area contributed by atoms with Crippen molar-refractivity contribution in [2.45, 2.75) is 37.6 Å². The predicted octanol–water partition coefficient (Wildman–Crippen LogP) is 5.53. The number of aromatic nitrogens is 2. The number of aliphatic carboxylic acids is 1. The lowest BCUT2D eigenvalue weighted by Crippen LogP contribution is -2.39. The van der Waals surface area contributed by atoms with E-state index >= 15 is 0 Å². The molecule has 0 radical (unpaired) electrons. The lowest BCUT2D eigenvalue weighted by atomic mass is 9.64. The molecule has 2 N–H and O–H groups in total. The third-order valence-electron chi connectivity index (χ3n) is 8.22. The number of halogens is 3. The van der Waals surface area contributed by atoms with Gasteiger partial charge in [-0.15, -0.1) is 17.1 Å². The van der Waals surface area contributed by atoms with Crippen LogP contribution in [-0.4, -0.2) is 40.0 Å². The van der Waals surface area contributed by atoms with E-state index in [0.29, 0.717) is 53.9 Å². The average molecular weight is 627 g/mol. The van der Waals surface area contributed by atoms with Crippen LogP contribution < -0.4 is 5.32 Å². The highest BCUT2D eigenvalue weighted by atomic mass is 35.5. The van der Waals surface area contributed by atoms with Crippen molar-refractivity contribution in [3.8, 4) is 0 Å². The van der Waals surface area contributed by atoms with Gasteiger partial charge in [0.1, 0.15) is 11.8 Å². The fourth-order valence-electron chi connectivity index (χ4n) is 6.02. The van der Waals surface area contributed by atoms with Gasteiger partial charge in [-0.2, -0.15) is 0 Å². The van der Waals surface area contributed by atoms with Crippen molar-refractivity contribution < 1.29 is 32.6 Å². The Hall–Kier alpha value is -4.12.